The van der Waals surface area contributed by atoms with Gasteiger partial charge in [-0.05, 0) is 59.7 Å². The summed E-state index contributed by atoms with van der Waals surface area (Å²) in [6.07, 6.45) is 3.58. The first-order chi connectivity index (χ1) is 15.3. The summed E-state index contributed by atoms with van der Waals surface area (Å²) >= 11 is 0. The van der Waals surface area contributed by atoms with E-state index in [4.69, 9.17) is 9.47 Å². The minimum absolute atomic E-state index is 0.152. The van der Waals surface area contributed by atoms with Crippen LogP contribution in [0.15, 0.2) is 91.3 Å². The molecule has 31 heavy (non-hydrogen) atoms. The second-order valence-electron chi connectivity index (χ2n) is 7.28. The Labute approximate surface area is 180 Å². The number of para-hydroxylation sites is 1. The van der Waals surface area contributed by atoms with E-state index in [-0.39, 0.29) is 5.91 Å². The second kappa shape index (κ2) is 8.32. The number of carbonyl (C=O) groups excluding carboxylic acids is 1. The molecule has 1 aliphatic rings. The van der Waals surface area contributed by atoms with Crippen LogP contribution in [0.3, 0.4) is 0 Å². The maximum atomic E-state index is 12.7. The third-order valence-corrected chi connectivity index (χ3v) is 5.15. The molecular formula is C26H20N2O3. The smallest absolute Gasteiger partial charge is 0.251 e. The van der Waals surface area contributed by atoms with Crippen LogP contribution in [0.5, 0.6) is 17.2 Å². The van der Waals surface area contributed by atoms with E-state index in [9.17, 15) is 4.79 Å². The molecule has 1 aromatic heterocycles. The number of carbonyl (C=O) groups is 1. The molecule has 5 rings (SSSR count). The molecular weight excluding hydrogens is 388 g/mol. The molecule has 0 atom stereocenters. The molecule has 2 heterocycles. The summed E-state index contributed by atoms with van der Waals surface area (Å²) in [6.45, 7) is 0.854. The van der Waals surface area contributed by atoms with Crippen molar-refractivity contribution in [1.29, 1.82) is 0 Å². The molecule has 3 aromatic carbocycles. The Hall–Kier alpha value is -4.12. The third kappa shape index (κ3) is 4.12. The van der Waals surface area contributed by atoms with Crippen molar-refractivity contribution in [3.05, 3.63) is 108 Å². The van der Waals surface area contributed by atoms with Gasteiger partial charge < -0.3 is 14.8 Å². The van der Waals surface area contributed by atoms with E-state index in [1.165, 1.54) is 0 Å². The van der Waals surface area contributed by atoms with E-state index in [2.05, 4.69) is 10.3 Å². The van der Waals surface area contributed by atoms with Gasteiger partial charge in [-0.25, -0.2) is 0 Å². The topological polar surface area (TPSA) is 60.5 Å². The van der Waals surface area contributed by atoms with Crippen LogP contribution in [0, 0.1) is 0 Å². The van der Waals surface area contributed by atoms with Crippen LogP contribution in [0.1, 0.15) is 21.5 Å². The average molecular weight is 408 g/mol. The standard InChI is InChI=1S/C26H20N2O3/c29-26(19-9-10-24-23-11-12-27-16-20(23)17-30-25(24)14-19)28-15-18-5-4-8-22(13-18)31-21-6-2-1-3-7-21/h1-14,16H,15,17H2,(H,28,29). The minimum Gasteiger partial charge on any atom is -0.488 e. The van der Waals surface area contributed by atoms with Crippen LogP contribution in [-0.2, 0) is 13.2 Å². The lowest BCUT2D eigenvalue weighted by Gasteiger charge is -2.20. The summed E-state index contributed by atoms with van der Waals surface area (Å²) in [5.41, 5.74) is 4.64. The number of aromatic nitrogens is 1. The first kappa shape index (κ1) is 18.9. The molecule has 5 heteroatoms. The molecule has 152 valence electrons. The Kier molecular flexibility index (Phi) is 5.07. The van der Waals surface area contributed by atoms with E-state index in [0.29, 0.717) is 24.5 Å². The first-order valence-electron chi connectivity index (χ1n) is 10.1. The van der Waals surface area contributed by atoms with E-state index in [1.54, 1.807) is 12.3 Å². The van der Waals surface area contributed by atoms with Crippen molar-refractivity contribution in [3.8, 4) is 28.4 Å². The van der Waals surface area contributed by atoms with Gasteiger partial charge in [-0.1, -0.05) is 30.3 Å². The van der Waals surface area contributed by atoms with Crippen LogP contribution < -0.4 is 14.8 Å². The van der Waals surface area contributed by atoms with Crippen molar-refractivity contribution in [2.75, 3.05) is 0 Å². The van der Waals surface area contributed by atoms with Gasteiger partial charge >= 0.3 is 0 Å². The zero-order valence-corrected chi connectivity index (χ0v) is 16.7. The number of hydrogen-bond acceptors (Lipinski definition) is 4. The molecule has 0 saturated heterocycles. The van der Waals surface area contributed by atoms with Crippen LogP contribution in [-0.4, -0.2) is 10.9 Å². The fourth-order valence-electron chi connectivity index (χ4n) is 3.59. The van der Waals surface area contributed by atoms with E-state index in [0.717, 1.165) is 33.8 Å². The Bertz CT molecular complexity index is 1240. The lowest BCUT2D eigenvalue weighted by atomic mass is 9.97. The van der Waals surface area contributed by atoms with Gasteiger partial charge in [0.2, 0.25) is 0 Å². The van der Waals surface area contributed by atoms with Gasteiger partial charge in [-0.2, -0.15) is 0 Å². The molecule has 0 bridgehead atoms. The van der Waals surface area contributed by atoms with Gasteiger partial charge in [-0.15, -0.1) is 0 Å². The van der Waals surface area contributed by atoms with E-state index >= 15 is 0 Å². The maximum Gasteiger partial charge on any atom is 0.251 e. The fraction of sp³-hybridized carbons (Fsp3) is 0.0769. The van der Waals surface area contributed by atoms with Crippen LogP contribution in [0.2, 0.25) is 0 Å². The molecule has 0 fully saturated rings. The molecule has 1 aliphatic heterocycles. The summed E-state index contributed by atoms with van der Waals surface area (Å²) < 4.78 is 11.7. The van der Waals surface area contributed by atoms with Crippen LogP contribution >= 0.6 is 0 Å². The van der Waals surface area contributed by atoms with Gasteiger partial charge in [0.15, 0.2) is 0 Å². The molecule has 4 aromatic rings. The number of nitrogens with zero attached hydrogens (tertiary/aromatic N) is 1. The van der Waals surface area contributed by atoms with Gasteiger partial charge in [0, 0.05) is 35.6 Å². The fourth-order valence-corrected chi connectivity index (χ4v) is 3.59. The first-order valence-corrected chi connectivity index (χ1v) is 10.1. The summed E-state index contributed by atoms with van der Waals surface area (Å²) in [6, 6.07) is 24.8. The normalized spacial score (nSPS) is 11.6. The highest BCUT2D eigenvalue weighted by molar-refractivity contribution is 5.95. The Morgan fingerprint density at radius 1 is 0.935 bits per heavy atom. The summed E-state index contributed by atoms with van der Waals surface area (Å²) in [4.78, 5) is 16.9. The van der Waals surface area contributed by atoms with Crippen LogP contribution in [0.4, 0.5) is 0 Å². The molecule has 0 spiro atoms. The maximum absolute atomic E-state index is 12.7. The van der Waals surface area contributed by atoms with Gasteiger partial charge in [-0.3, -0.25) is 9.78 Å². The van der Waals surface area contributed by atoms with Crippen molar-refractivity contribution in [3.63, 3.8) is 0 Å². The zero-order chi connectivity index (χ0) is 21.0. The zero-order valence-electron chi connectivity index (χ0n) is 16.7. The van der Waals surface area contributed by atoms with Crippen molar-refractivity contribution in [2.24, 2.45) is 0 Å². The molecule has 0 radical (unpaired) electrons. The van der Waals surface area contributed by atoms with Crippen molar-refractivity contribution in [1.82, 2.24) is 10.3 Å². The van der Waals surface area contributed by atoms with Crippen molar-refractivity contribution < 1.29 is 14.3 Å². The predicted octanol–water partition coefficient (Wildman–Crippen LogP) is 5.36. The highest BCUT2D eigenvalue weighted by atomic mass is 16.5. The Morgan fingerprint density at radius 2 is 1.81 bits per heavy atom. The number of rotatable bonds is 5. The number of ether oxygens (including phenoxy) is 2. The second-order valence-corrected chi connectivity index (χ2v) is 7.28. The predicted molar refractivity (Wildman–Crippen MR) is 118 cm³/mol. The number of nitrogens with one attached hydrogen (secondary N) is 1. The molecule has 0 saturated carbocycles. The Balaban J connectivity index is 1.27. The number of fused-ring (bicyclic) bond motifs is 3. The average Bonchev–Trinajstić information content (AvgIpc) is 2.83. The molecule has 1 N–H and O–H groups in total. The summed E-state index contributed by atoms with van der Waals surface area (Å²) in [5, 5.41) is 2.97. The lowest BCUT2D eigenvalue weighted by molar-refractivity contribution is 0.0950. The molecule has 0 aliphatic carbocycles. The molecule has 5 nitrogen and oxygen atoms in total. The van der Waals surface area contributed by atoms with Crippen molar-refractivity contribution >= 4 is 5.91 Å². The highest BCUT2D eigenvalue weighted by Crippen LogP contribution is 2.37. The van der Waals surface area contributed by atoms with Crippen molar-refractivity contribution in [2.45, 2.75) is 13.2 Å². The Morgan fingerprint density at radius 3 is 2.71 bits per heavy atom. The highest BCUT2D eigenvalue weighted by Gasteiger charge is 2.19. The van der Waals surface area contributed by atoms with Gasteiger partial charge in [0.25, 0.3) is 5.91 Å². The van der Waals surface area contributed by atoms with Gasteiger partial charge in [0.05, 0.1) is 0 Å². The third-order valence-electron chi connectivity index (χ3n) is 5.15. The van der Waals surface area contributed by atoms with E-state index in [1.807, 2.05) is 79.0 Å². The van der Waals surface area contributed by atoms with Crippen LogP contribution in [0.25, 0.3) is 11.1 Å². The van der Waals surface area contributed by atoms with E-state index < -0.39 is 0 Å². The molecule has 0 unspecified atom stereocenters. The molecule has 1 amide bonds. The number of pyridine rings is 1. The summed E-state index contributed by atoms with van der Waals surface area (Å²) in [5.74, 6) is 2.06. The summed E-state index contributed by atoms with van der Waals surface area (Å²) in [7, 11) is 0. The number of amides is 1. The quantitative estimate of drug-likeness (QED) is 0.483. The number of benzene rings is 3. The number of hydrogen-bond donors (Lipinski definition) is 1. The largest absolute Gasteiger partial charge is 0.488 e. The lowest BCUT2D eigenvalue weighted by Crippen LogP contribution is -2.23. The SMILES string of the molecule is O=C(NCc1cccc(Oc2ccccc2)c1)c1ccc2c(c1)OCc1cnccc1-2. The van der Waals surface area contributed by atoms with Gasteiger partial charge in [0.1, 0.15) is 23.9 Å². The monoisotopic (exact) mass is 408 g/mol. The minimum atomic E-state index is -0.152.